The van der Waals surface area contributed by atoms with Crippen LogP contribution in [0.15, 0.2) is 24.4 Å². The summed E-state index contributed by atoms with van der Waals surface area (Å²) in [7, 11) is 3.96. The number of aromatic nitrogens is 1. The summed E-state index contributed by atoms with van der Waals surface area (Å²) in [5, 5.41) is 0. The van der Waals surface area contributed by atoms with Crippen molar-refractivity contribution in [2.24, 2.45) is 0 Å². The molecule has 0 saturated heterocycles. The van der Waals surface area contributed by atoms with Crippen LogP contribution in [0.4, 0.5) is 0 Å². The molecule has 0 N–H and O–H groups in total. The van der Waals surface area contributed by atoms with Gasteiger partial charge in [0.15, 0.2) is 0 Å². The smallest absolute Gasteiger partial charge is 0.0730 e. The van der Waals surface area contributed by atoms with E-state index in [-0.39, 0.29) is 0 Å². The third kappa shape index (κ3) is 2.15. The van der Waals surface area contributed by atoms with Crippen LogP contribution in [0.2, 0.25) is 0 Å². The first-order valence-corrected chi connectivity index (χ1v) is 3.21. The molecule has 0 saturated carbocycles. The van der Waals surface area contributed by atoms with Crippen LogP contribution < -0.4 is 0 Å². The predicted molar refractivity (Wildman–Crippen MR) is 41.3 cm³/mol. The zero-order valence-corrected chi connectivity index (χ0v) is 6.28. The second-order valence-corrected chi connectivity index (χ2v) is 2.35. The Morgan fingerprint density at radius 1 is 1.40 bits per heavy atom. The monoisotopic (exact) mass is 135 g/mol. The number of pyridine rings is 1. The lowest BCUT2D eigenvalue weighted by atomic mass is 10.3. The first-order valence-electron chi connectivity index (χ1n) is 3.21. The van der Waals surface area contributed by atoms with E-state index < -0.39 is 0 Å². The molecule has 53 valence electrons. The minimum absolute atomic E-state index is 0.993. The Bertz CT molecular complexity index is 182. The van der Waals surface area contributed by atoms with Crippen LogP contribution in [0.3, 0.4) is 0 Å². The summed E-state index contributed by atoms with van der Waals surface area (Å²) in [5.41, 5.74) is 0.993. The van der Waals surface area contributed by atoms with Crippen molar-refractivity contribution in [2.75, 3.05) is 14.1 Å². The van der Waals surface area contributed by atoms with E-state index in [9.17, 15) is 0 Å². The van der Waals surface area contributed by atoms with E-state index in [0.29, 0.717) is 0 Å². The molecule has 2 nitrogen and oxygen atoms in total. The molecule has 0 spiro atoms. The van der Waals surface area contributed by atoms with E-state index in [4.69, 9.17) is 0 Å². The van der Waals surface area contributed by atoms with E-state index >= 15 is 0 Å². The fourth-order valence-electron chi connectivity index (χ4n) is 0.717. The zero-order chi connectivity index (χ0) is 7.40. The third-order valence-corrected chi connectivity index (χ3v) is 1.08. The van der Waals surface area contributed by atoms with Crippen LogP contribution >= 0.6 is 0 Å². The van der Waals surface area contributed by atoms with Gasteiger partial charge >= 0.3 is 0 Å². The second kappa shape index (κ2) is 3.32. The molecule has 0 bridgehead atoms. The first-order chi connectivity index (χ1) is 4.79. The van der Waals surface area contributed by atoms with E-state index in [1.807, 2.05) is 43.7 Å². The molecule has 0 amide bonds. The number of nitrogens with zero attached hydrogens (tertiary/aromatic N) is 2. The summed E-state index contributed by atoms with van der Waals surface area (Å²) in [6, 6.07) is 5.86. The van der Waals surface area contributed by atoms with Crippen LogP contribution in [-0.2, 0) is 0 Å². The highest BCUT2D eigenvalue weighted by molar-refractivity contribution is 5.11. The van der Waals surface area contributed by atoms with Crippen molar-refractivity contribution in [2.45, 2.75) is 0 Å². The minimum Gasteiger partial charge on any atom is -0.299 e. The summed E-state index contributed by atoms with van der Waals surface area (Å²) in [5.74, 6) is 0. The van der Waals surface area contributed by atoms with Crippen LogP contribution in [0, 0.1) is 6.54 Å². The van der Waals surface area contributed by atoms with Crippen LogP contribution in [0.5, 0.6) is 0 Å². The minimum atomic E-state index is 0.993. The quantitative estimate of drug-likeness (QED) is 0.604. The summed E-state index contributed by atoms with van der Waals surface area (Å²) >= 11 is 0. The molecule has 0 fully saturated rings. The lowest BCUT2D eigenvalue weighted by molar-refractivity contribution is 0.511. The molecule has 1 heterocycles. The normalized spacial score (nSPS) is 10.3. The zero-order valence-electron chi connectivity index (χ0n) is 6.28. The van der Waals surface area contributed by atoms with Gasteiger partial charge in [-0.1, -0.05) is 6.07 Å². The van der Waals surface area contributed by atoms with Crippen molar-refractivity contribution in [1.29, 1.82) is 0 Å². The molecule has 0 aliphatic carbocycles. The van der Waals surface area contributed by atoms with E-state index in [0.717, 1.165) is 5.69 Å². The van der Waals surface area contributed by atoms with Gasteiger partial charge in [-0.2, -0.15) is 0 Å². The summed E-state index contributed by atoms with van der Waals surface area (Å²) in [4.78, 5) is 6.10. The molecular formula is C8H11N2. The van der Waals surface area contributed by atoms with Crippen molar-refractivity contribution in [3.8, 4) is 0 Å². The maximum atomic E-state index is 4.12. The summed E-state index contributed by atoms with van der Waals surface area (Å²) in [6.07, 6.45) is 1.79. The van der Waals surface area contributed by atoms with Crippen molar-refractivity contribution in [3.63, 3.8) is 0 Å². The molecule has 0 aliphatic rings. The molecular weight excluding hydrogens is 124 g/mol. The SMILES string of the molecule is CN(C)[CH]c1ccccn1. The molecule has 1 rings (SSSR count). The molecule has 0 unspecified atom stereocenters. The Kier molecular flexibility index (Phi) is 2.40. The van der Waals surface area contributed by atoms with Gasteiger partial charge < -0.3 is 0 Å². The van der Waals surface area contributed by atoms with Crippen LogP contribution in [0.1, 0.15) is 5.69 Å². The predicted octanol–water partition coefficient (Wildman–Crippen LogP) is 1.15. The maximum absolute atomic E-state index is 4.12. The average molecular weight is 135 g/mol. The summed E-state index contributed by atoms with van der Waals surface area (Å²) < 4.78 is 0. The van der Waals surface area contributed by atoms with E-state index in [1.165, 1.54) is 0 Å². The fraction of sp³-hybridized carbons (Fsp3) is 0.250. The molecule has 1 aromatic rings. The van der Waals surface area contributed by atoms with Gasteiger partial charge in [-0.05, 0) is 26.2 Å². The maximum Gasteiger partial charge on any atom is 0.0730 e. The van der Waals surface area contributed by atoms with Crippen molar-refractivity contribution >= 4 is 0 Å². The average Bonchev–Trinajstić information content (AvgIpc) is 1.88. The third-order valence-electron chi connectivity index (χ3n) is 1.08. The highest BCUT2D eigenvalue weighted by Gasteiger charge is 1.93. The lowest BCUT2D eigenvalue weighted by Gasteiger charge is -2.06. The van der Waals surface area contributed by atoms with Gasteiger partial charge in [-0.15, -0.1) is 0 Å². The molecule has 10 heavy (non-hydrogen) atoms. The Balaban J connectivity index is 2.59. The van der Waals surface area contributed by atoms with E-state index in [1.54, 1.807) is 6.20 Å². The first kappa shape index (κ1) is 7.22. The van der Waals surface area contributed by atoms with Crippen molar-refractivity contribution < 1.29 is 0 Å². The molecule has 1 radical (unpaired) electrons. The second-order valence-electron chi connectivity index (χ2n) is 2.35. The van der Waals surface area contributed by atoms with Gasteiger partial charge in [0.05, 0.1) is 12.2 Å². The number of rotatable bonds is 2. The number of hydrogen-bond acceptors (Lipinski definition) is 2. The topological polar surface area (TPSA) is 16.1 Å². The molecule has 0 aromatic carbocycles. The van der Waals surface area contributed by atoms with Crippen molar-refractivity contribution in [3.05, 3.63) is 36.6 Å². The van der Waals surface area contributed by atoms with Gasteiger partial charge in [0.25, 0.3) is 0 Å². The Hall–Kier alpha value is -0.890. The van der Waals surface area contributed by atoms with Crippen LogP contribution in [0.25, 0.3) is 0 Å². The fourth-order valence-corrected chi connectivity index (χ4v) is 0.717. The highest BCUT2D eigenvalue weighted by Crippen LogP contribution is 1.97. The van der Waals surface area contributed by atoms with Gasteiger partial charge in [-0.3, -0.25) is 9.88 Å². The van der Waals surface area contributed by atoms with Gasteiger partial charge in [0, 0.05) is 6.20 Å². The molecule has 1 aromatic heterocycles. The molecule has 0 aliphatic heterocycles. The van der Waals surface area contributed by atoms with Gasteiger partial charge in [0.2, 0.25) is 0 Å². The Morgan fingerprint density at radius 2 is 2.20 bits per heavy atom. The van der Waals surface area contributed by atoms with Gasteiger partial charge in [-0.25, -0.2) is 0 Å². The van der Waals surface area contributed by atoms with E-state index in [2.05, 4.69) is 4.98 Å². The Labute approximate surface area is 61.5 Å². The largest absolute Gasteiger partial charge is 0.299 e. The molecule has 0 atom stereocenters. The highest BCUT2D eigenvalue weighted by atomic mass is 15.1. The molecule has 2 heteroatoms. The standard InChI is InChI=1S/C8H11N2/c1-10(2)7-8-5-3-4-6-9-8/h3-7H,1-2H3. The lowest BCUT2D eigenvalue weighted by Crippen LogP contribution is -2.08. The summed E-state index contributed by atoms with van der Waals surface area (Å²) in [6.45, 7) is 1.97. The van der Waals surface area contributed by atoms with Crippen molar-refractivity contribution in [1.82, 2.24) is 9.88 Å². The Morgan fingerprint density at radius 3 is 2.70 bits per heavy atom. The van der Waals surface area contributed by atoms with Crippen LogP contribution in [-0.4, -0.2) is 24.0 Å². The number of hydrogen-bond donors (Lipinski definition) is 0. The van der Waals surface area contributed by atoms with Gasteiger partial charge in [0.1, 0.15) is 0 Å².